The number of rotatable bonds is 8. The molecule has 0 radical (unpaired) electrons. The van der Waals surface area contributed by atoms with Gasteiger partial charge in [0.25, 0.3) is 5.91 Å². The number of carbonyl (C=O) groups excluding carboxylic acids is 1. The minimum absolute atomic E-state index is 0.276. The summed E-state index contributed by atoms with van der Waals surface area (Å²) in [5.41, 5.74) is 11.1. The molecule has 5 rings (SSSR count). The summed E-state index contributed by atoms with van der Waals surface area (Å²) in [5, 5.41) is 8.40. The standard InChI is InChI=1S/C29H32N6O3/c36-29(33-31-22-24-3-11-28(12-4-24)35-15-19-38-20-16-35)25-5-7-26(8-6-25)32-30-21-23-1-9-27(10-2-23)34-13-17-37-18-14-34/h1-12,21-22,32H,13-20H2,(H,33,36)/b30-21+,31-22+. The maximum absolute atomic E-state index is 12.4. The number of amides is 1. The predicted molar refractivity (Wildman–Crippen MR) is 152 cm³/mol. The Kier molecular flexibility index (Phi) is 8.60. The van der Waals surface area contributed by atoms with Crippen molar-refractivity contribution in [2.24, 2.45) is 10.2 Å². The molecular formula is C29H32N6O3. The second-order valence-electron chi connectivity index (χ2n) is 9.03. The predicted octanol–water partition coefficient (Wildman–Crippen LogP) is 3.57. The molecule has 0 atom stereocenters. The van der Waals surface area contributed by atoms with E-state index in [1.165, 1.54) is 5.69 Å². The van der Waals surface area contributed by atoms with Crippen LogP contribution < -0.4 is 20.7 Å². The Bertz CT molecular complexity index is 1230. The highest BCUT2D eigenvalue weighted by atomic mass is 16.5. The SMILES string of the molecule is O=C(N/N=C/c1ccc(N2CCOCC2)cc1)c1ccc(N/N=C/c2ccc(N3CCOCC3)cc2)cc1. The molecule has 2 aliphatic heterocycles. The van der Waals surface area contributed by atoms with Crippen molar-refractivity contribution in [1.29, 1.82) is 0 Å². The molecule has 2 aliphatic rings. The summed E-state index contributed by atoms with van der Waals surface area (Å²) < 4.78 is 10.8. The van der Waals surface area contributed by atoms with Crippen molar-refractivity contribution < 1.29 is 14.3 Å². The van der Waals surface area contributed by atoms with E-state index in [0.29, 0.717) is 5.56 Å². The normalized spacial score (nSPS) is 16.2. The average molecular weight is 513 g/mol. The lowest BCUT2D eigenvalue weighted by atomic mass is 10.2. The Morgan fingerprint density at radius 1 is 0.658 bits per heavy atom. The highest BCUT2D eigenvalue weighted by molar-refractivity contribution is 5.95. The topological polar surface area (TPSA) is 90.8 Å². The third-order valence-corrected chi connectivity index (χ3v) is 6.47. The van der Waals surface area contributed by atoms with E-state index in [1.54, 1.807) is 24.6 Å². The van der Waals surface area contributed by atoms with Gasteiger partial charge in [-0.3, -0.25) is 10.2 Å². The molecule has 0 spiro atoms. The zero-order valence-corrected chi connectivity index (χ0v) is 21.3. The molecule has 9 heteroatoms. The maximum atomic E-state index is 12.4. The molecule has 196 valence electrons. The van der Waals surface area contributed by atoms with E-state index < -0.39 is 0 Å². The molecule has 0 unspecified atom stereocenters. The molecule has 0 aliphatic carbocycles. The van der Waals surface area contributed by atoms with Gasteiger partial charge in [-0.15, -0.1) is 0 Å². The average Bonchev–Trinajstić information content (AvgIpc) is 2.99. The zero-order chi connectivity index (χ0) is 26.0. The van der Waals surface area contributed by atoms with Crippen molar-refractivity contribution in [2.75, 3.05) is 67.8 Å². The highest BCUT2D eigenvalue weighted by Gasteiger charge is 2.11. The van der Waals surface area contributed by atoms with Gasteiger partial charge in [0.05, 0.1) is 44.5 Å². The van der Waals surface area contributed by atoms with Crippen LogP contribution >= 0.6 is 0 Å². The van der Waals surface area contributed by atoms with E-state index in [9.17, 15) is 4.79 Å². The van der Waals surface area contributed by atoms with Gasteiger partial charge in [0.2, 0.25) is 0 Å². The molecule has 2 saturated heterocycles. The van der Waals surface area contributed by atoms with Crippen LogP contribution in [0.3, 0.4) is 0 Å². The second kappa shape index (κ2) is 12.8. The number of hydrogen-bond donors (Lipinski definition) is 2. The van der Waals surface area contributed by atoms with Crippen LogP contribution in [0.4, 0.5) is 17.1 Å². The molecule has 2 fully saturated rings. The van der Waals surface area contributed by atoms with Crippen LogP contribution in [-0.2, 0) is 9.47 Å². The molecule has 2 N–H and O–H groups in total. The highest BCUT2D eigenvalue weighted by Crippen LogP contribution is 2.17. The first-order valence-electron chi connectivity index (χ1n) is 12.8. The Hall–Kier alpha value is -4.21. The fourth-order valence-electron chi connectivity index (χ4n) is 4.29. The summed E-state index contributed by atoms with van der Waals surface area (Å²) >= 11 is 0. The number of hydrogen-bond acceptors (Lipinski definition) is 8. The van der Waals surface area contributed by atoms with Crippen LogP contribution in [0.5, 0.6) is 0 Å². The quantitative estimate of drug-likeness (QED) is 0.354. The van der Waals surface area contributed by atoms with Gasteiger partial charge >= 0.3 is 0 Å². The number of benzene rings is 3. The third kappa shape index (κ3) is 6.96. The summed E-state index contributed by atoms with van der Waals surface area (Å²) in [6, 6.07) is 23.5. The van der Waals surface area contributed by atoms with Crippen molar-refractivity contribution in [2.45, 2.75) is 0 Å². The van der Waals surface area contributed by atoms with Crippen LogP contribution in [0.15, 0.2) is 83.0 Å². The van der Waals surface area contributed by atoms with Crippen LogP contribution in [0.25, 0.3) is 0 Å². The number of carbonyl (C=O) groups is 1. The van der Waals surface area contributed by atoms with E-state index in [2.05, 4.69) is 55.1 Å². The molecular weight excluding hydrogens is 480 g/mol. The fraction of sp³-hybridized carbons (Fsp3) is 0.276. The summed E-state index contributed by atoms with van der Waals surface area (Å²) in [6.45, 7) is 6.67. The van der Waals surface area contributed by atoms with Crippen molar-refractivity contribution in [3.63, 3.8) is 0 Å². The lowest BCUT2D eigenvalue weighted by Crippen LogP contribution is -2.36. The van der Waals surface area contributed by atoms with Crippen LogP contribution in [0.2, 0.25) is 0 Å². The van der Waals surface area contributed by atoms with E-state index >= 15 is 0 Å². The van der Waals surface area contributed by atoms with Gasteiger partial charge in [0.1, 0.15) is 0 Å². The summed E-state index contributed by atoms with van der Waals surface area (Å²) in [6.07, 6.45) is 3.41. The van der Waals surface area contributed by atoms with Crippen LogP contribution in [-0.4, -0.2) is 70.9 Å². The van der Waals surface area contributed by atoms with Crippen molar-refractivity contribution in [1.82, 2.24) is 5.43 Å². The van der Waals surface area contributed by atoms with Gasteiger partial charge < -0.3 is 19.3 Å². The van der Waals surface area contributed by atoms with Gasteiger partial charge in [-0.05, 0) is 59.7 Å². The van der Waals surface area contributed by atoms with Crippen LogP contribution in [0, 0.1) is 0 Å². The van der Waals surface area contributed by atoms with Gasteiger partial charge in [-0.1, -0.05) is 24.3 Å². The Morgan fingerprint density at radius 3 is 1.63 bits per heavy atom. The fourth-order valence-corrected chi connectivity index (χ4v) is 4.29. The largest absolute Gasteiger partial charge is 0.378 e. The minimum atomic E-state index is -0.276. The molecule has 3 aromatic rings. The molecule has 38 heavy (non-hydrogen) atoms. The van der Waals surface area contributed by atoms with Gasteiger partial charge in [0, 0.05) is 43.1 Å². The smallest absolute Gasteiger partial charge is 0.271 e. The van der Waals surface area contributed by atoms with Crippen molar-refractivity contribution >= 4 is 35.4 Å². The lowest BCUT2D eigenvalue weighted by Gasteiger charge is -2.28. The minimum Gasteiger partial charge on any atom is -0.378 e. The summed E-state index contributed by atoms with van der Waals surface area (Å²) in [5.74, 6) is -0.276. The summed E-state index contributed by atoms with van der Waals surface area (Å²) in [4.78, 5) is 17.1. The molecule has 1 amide bonds. The maximum Gasteiger partial charge on any atom is 0.271 e. The molecule has 2 heterocycles. The lowest BCUT2D eigenvalue weighted by molar-refractivity contribution is 0.0955. The van der Waals surface area contributed by atoms with Gasteiger partial charge in [-0.2, -0.15) is 10.2 Å². The van der Waals surface area contributed by atoms with Crippen LogP contribution in [0.1, 0.15) is 21.5 Å². The summed E-state index contributed by atoms with van der Waals surface area (Å²) in [7, 11) is 0. The van der Waals surface area contributed by atoms with Crippen molar-refractivity contribution in [3.8, 4) is 0 Å². The Labute approximate surface area is 222 Å². The number of morpholine rings is 2. The van der Waals surface area contributed by atoms with E-state index in [4.69, 9.17) is 9.47 Å². The first-order valence-corrected chi connectivity index (χ1v) is 12.8. The number of nitrogens with zero attached hydrogens (tertiary/aromatic N) is 4. The zero-order valence-electron chi connectivity index (χ0n) is 21.3. The number of nitrogens with one attached hydrogen (secondary N) is 2. The monoisotopic (exact) mass is 512 g/mol. The number of anilines is 3. The first kappa shape index (κ1) is 25.4. The second-order valence-corrected chi connectivity index (χ2v) is 9.03. The molecule has 0 saturated carbocycles. The Balaban J connectivity index is 1.07. The van der Waals surface area contributed by atoms with Gasteiger partial charge in [0.15, 0.2) is 0 Å². The number of hydrazone groups is 2. The molecule has 9 nitrogen and oxygen atoms in total. The van der Waals surface area contributed by atoms with E-state index in [0.717, 1.165) is 75.1 Å². The van der Waals surface area contributed by atoms with Gasteiger partial charge in [-0.25, -0.2) is 5.43 Å². The molecule has 3 aromatic carbocycles. The first-order chi connectivity index (χ1) is 18.7. The number of ether oxygens (including phenoxy) is 2. The third-order valence-electron chi connectivity index (χ3n) is 6.47. The molecule has 0 aromatic heterocycles. The Morgan fingerprint density at radius 2 is 1.13 bits per heavy atom. The van der Waals surface area contributed by atoms with E-state index in [1.807, 2.05) is 36.4 Å². The van der Waals surface area contributed by atoms with Crippen molar-refractivity contribution in [3.05, 3.63) is 89.5 Å². The molecule has 0 bridgehead atoms. The van der Waals surface area contributed by atoms with E-state index in [-0.39, 0.29) is 5.91 Å².